The van der Waals surface area contributed by atoms with Gasteiger partial charge in [0.25, 0.3) is 0 Å². The molecule has 0 aromatic heterocycles. The highest BCUT2D eigenvalue weighted by molar-refractivity contribution is 5.64. The van der Waals surface area contributed by atoms with Crippen LogP contribution in [0.3, 0.4) is 0 Å². The standard InChI is InChI=1S/C8H18N2O2/c1-5(2)4-7(9)6(3)10-8(11)12/h5-7,10H,4,9H2,1-3H3,(H,11,12)/t6-,7-/m0/s1. The minimum Gasteiger partial charge on any atom is -0.465 e. The summed E-state index contributed by atoms with van der Waals surface area (Å²) in [5, 5.41) is 10.7. The van der Waals surface area contributed by atoms with E-state index in [1.54, 1.807) is 6.92 Å². The molecule has 0 saturated heterocycles. The van der Waals surface area contributed by atoms with Crippen LogP contribution >= 0.6 is 0 Å². The molecule has 0 aliphatic carbocycles. The van der Waals surface area contributed by atoms with Gasteiger partial charge >= 0.3 is 6.09 Å². The van der Waals surface area contributed by atoms with Gasteiger partial charge < -0.3 is 16.2 Å². The summed E-state index contributed by atoms with van der Waals surface area (Å²) in [6.45, 7) is 5.90. The van der Waals surface area contributed by atoms with Gasteiger partial charge in [-0.05, 0) is 19.3 Å². The lowest BCUT2D eigenvalue weighted by Crippen LogP contribution is -2.45. The van der Waals surface area contributed by atoms with E-state index in [9.17, 15) is 4.79 Å². The van der Waals surface area contributed by atoms with Crippen molar-refractivity contribution in [3.8, 4) is 0 Å². The zero-order valence-electron chi connectivity index (χ0n) is 7.87. The summed E-state index contributed by atoms with van der Waals surface area (Å²) in [6.07, 6.45) is -0.178. The molecular weight excluding hydrogens is 156 g/mol. The molecule has 0 aliphatic heterocycles. The lowest BCUT2D eigenvalue weighted by Gasteiger charge is -2.21. The molecule has 0 fully saturated rings. The van der Waals surface area contributed by atoms with E-state index in [4.69, 9.17) is 10.8 Å². The molecule has 1 amide bonds. The molecule has 0 spiro atoms. The Morgan fingerprint density at radius 2 is 2.00 bits per heavy atom. The van der Waals surface area contributed by atoms with Crippen LogP contribution in [-0.4, -0.2) is 23.3 Å². The minimum atomic E-state index is -1.01. The van der Waals surface area contributed by atoms with Gasteiger partial charge in [0, 0.05) is 12.1 Å². The SMILES string of the molecule is CC(C)C[C@H](N)[C@H](C)NC(=O)O. The number of amides is 1. The molecule has 4 N–H and O–H groups in total. The Kier molecular flexibility index (Phi) is 4.66. The summed E-state index contributed by atoms with van der Waals surface area (Å²) in [4.78, 5) is 10.2. The molecule has 12 heavy (non-hydrogen) atoms. The highest BCUT2D eigenvalue weighted by Gasteiger charge is 2.15. The second-order valence-electron chi connectivity index (χ2n) is 3.53. The average molecular weight is 174 g/mol. The quantitative estimate of drug-likeness (QED) is 0.595. The monoisotopic (exact) mass is 174 g/mol. The number of hydrogen-bond acceptors (Lipinski definition) is 2. The highest BCUT2D eigenvalue weighted by atomic mass is 16.4. The number of nitrogens with two attached hydrogens (primary N) is 1. The van der Waals surface area contributed by atoms with Crippen molar-refractivity contribution < 1.29 is 9.90 Å². The second kappa shape index (κ2) is 4.98. The molecule has 72 valence electrons. The normalized spacial score (nSPS) is 15.8. The van der Waals surface area contributed by atoms with Crippen LogP contribution in [-0.2, 0) is 0 Å². The second-order valence-corrected chi connectivity index (χ2v) is 3.53. The fraction of sp³-hybridized carbons (Fsp3) is 0.875. The van der Waals surface area contributed by atoms with Gasteiger partial charge in [-0.25, -0.2) is 4.79 Å². The van der Waals surface area contributed by atoms with Gasteiger partial charge in [-0.15, -0.1) is 0 Å². The van der Waals surface area contributed by atoms with Crippen LogP contribution in [0, 0.1) is 5.92 Å². The topological polar surface area (TPSA) is 75.3 Å². The summed E-state index contributed by atoms with van der Waals surface area (Å²) in [5.74, 6) is 0.498. The smallest absolute Gasteiger partial charge is 0.404 e. The number of hydrogen-bond donors (Lipinski definition) is 3. The van der Waals surface area contributed by atoms with Crippen molar-refractivity contribution in [2.75, 3.05) is 0 Å². The molecule has 0 heterocycles. The van der Waals surface area contributed by atoms with E-state index >= 15 is 0 Å². The van der Waals surface area contributed by atoms with Crippen molar-refractivity contribution in [2.24, 2.45) is 11.7 Å². The van der Waals surface area contributed by atoms with Gasteiger partial charge in [0.05, 0.1) is 0 Å². The van der Waals surface area contributed by atoms with Gasteiger partial charge in [0.15, 0.2) is 0 Å². The zero-order valence-corrected chi connectivity index (χ0v) is 7.87. The fourth-order valence-corrected chi connectivity index (χ4v) is 1.05. The average Bonchev–Trinajstić information content (AvgIpc) is 1.84. The molecule has 0 unspecified atom stereocenters. The van der Waals surface area contributed by atoms with Crippen molar-refractivity contribution in [1.29, 1.82) is 0 Å². The van der Waals surface area contributed by atoms with E-state index in [0.717, 1.165) is 6.42 Å². The number of rotatable bonds is 4. The lowest BCUT2D eigenvalue weighted by atomic mass is 9.99. The first-order valence-electron chi connectivity index (χ1n) is 4.18. The number of carboxylic acid groups (broad SMARTS) is 1. The van der Waals surface area contributed by atoms with Gasteiger partial charge in [0.2, 0.25) is 0 Å². The van der Waals surface area contributed by atoms with Crippen LogP contribution < -0.4 is 11.1 Å². The molecule has 0 aliphatic rings. The Morgan fingerprint density at radius 1 is 1.50 bits per heavy atom. The van der Waals surface area contributed by atoms with Crippen LogP contribution in [0.4, 0.5) is 4.79 Å². The molecule has 0 radical (unpaired) electrons. The maximum absolute atomic E-state index is 10.2. The Hall–Kier alpha value is -0.770. The third kappa shape index (κ3) is 4.96. The largest absolute Gasteiger partial charge is 0.465 e. The van der Waals surface area contributed by atoms with Crippen LogP contribution in [0.15, 0.2) is 0 Å². The van der Waals surface area contributed by atoms with Crippen molar-refractivity contribution in [3.05, 3.63) is 0 Å². The van der Waals surface area contributed by atoms with E-state index in [2.05, 4.69) is 19.2 Å². The van der Waals surface area contributed by atoms with Crippen molar-refractivity contribution in [1.82, 2.24) is 5.32 Å². The molecule has 4 heteroatoms. The molecule has 2 atom stereocenters. The van der Waals surface area contributed by atoms with Crippen molar-refractivity contribution in [2.45, 2.75) is 39.3 Å². The molecule has 0 rings (SSSR count). The van der Waals surface area contributed by atoms with E-state index in [0.29, 0.717) is 5.92 Å². The minimum absolute atomic E-state index is 0.0962. The van der Waals surface area contributed by atoms with Crippen LogP contribution in [0.2, 0.25) is 0 Å². The predicted molar refractivity (Wildman–Crippen MR) is 48.1 cm³/mol. The summed E-state index contributed by atoms with van der Waals surface area (Å²) in [5.41, 5.74) is 5.74. The van der Waals surface area contributed by atoms with E-state index in [1.807, 2.05) is 0 Å². The Morgan fingerprint density at radius 3 is 2.33 bits per heavy atom. The fourth-order valence-electron chi connectivity index (χ4n) is 1.05. The molecular formula is C8H18N2O2. The van der Waals surface area contributed by atoms with Crippen LogP contribution in [0.25, 0.3) is 0 Å². The summed E-state index contributed by atoms with van der Waals surface area (Å²) in [6, 6.07) is -0.272. The first-order valence-corrected chi connectivity index (χ1v) is 4.18. The summed E-state index contributed by atoms with van der Waals surface area (Å²) >= 11 is 0. The summed E-state index contributed by atoms with van der Waals surface area (Å²) < 4.78 is 0. The molecule has 0 bridgehead atoms. The van der Waals surface area contributed by atoms with E-state index < -0.39 is 6.09 Å². The molecule has 0 aromatic rings. The van der Waals surface area contributed by atoms with Crippen molar-refractivity contribution in [3.63, 3.8) is 0 Å². The van der Waals surface area contributed by atoms with Crippen LogP contribution in [0.1, 0.15) is 27.2 Å². The molecule has 4 nitrogen and oxygen atoms in total. The first-order chi connectivity index (χ1) is 5.43. The van der Waals surface area contributed by atoms with E-state index in [1.165, 1.54) is 0 Å². The van der Waals surface area contributed by atoms with Gasteiger partial charge in [-0.3, -0.25) is 0 Å². The number of carbonyl (C=O) groups is 1. The first kappa shape index (κ1) is 11.2. The Labute approximate surface area is 73.1 Å². The molecule has 0 saturated carbocycles. The third-order valence-corrected chi connectivity index (χ3v) is 1.74. The third-order valence-electron chi connectivity index (χ3n) is 1.74. The maximum atomic E-state index is 10.2. The van der Waals surface area contributed by atoms with Gasteiger partial charge in [0.1, 0.15) is 0 Å². The van der Waals surface area contributed by atoms with Crippen molar-refractivity contribution >= 4 is 6.09 Å². The van der Waals surface area contributed by atoms with Crippen LogP contribution in [0.5, 0.6) is 0 Å². The summed E-state index contributed by atoms with van der Waals surface area (Å²) in [7, 11) is 0. The van der Waals surface area contributed by atoms with E-state index in [-0.39, 0.29) is 12.1 Å². The maximum Gasteiger partial charge on any atom is 0.404 e. The molecule has 0 aromatic carbocycles. The van der Waals surface area contributed by atoms with Gasteiger partial charge in [-0.2, -0.15) is 0 Å². The highest BCUT2D eigenvalue weighted by Crippen LogP contribution is 2.05. The lowest BCUT2D eigenvalue weighted by molar-refractivity contribution is 0.188. The predicted octanol–water partition coefficient (Wildman–Crippen LogP) is 1.02. The Bertz CT molecular complexity index is 148. The van der Waals surface area contributed by atoms with Gasteiger partial charge in [-0.1, -0.05) is 13.8 Å². The zero-order chi connectivity index (χ0) is 9.72. The number of nitrogens with one attached hydrogen (secondary N) is 1. The Balaban J connectivity index is 3.76.